The number of thioether (sulfide) groups is 1. The molecule has 7 nitrogen and oxygen atoms in total. The second-order valence-electron chi connectivity index (χ2n) is 7.72. The molecule has 0 amide bonds. The van der Waals surface area contributed by atoms with Crippen LogP contribution in [0.5, 0.6) is 0 Å². The summed E-state index contributed by atoms with van der Waals surface area (Å²) in [6.45, 7) is 2.53. The van der Waals surface area contributed by atoms with Gasteiger partial charge in [0, 0.05) is 29.3 Å². The number of aliphatic hydroxyl groups is 1. The molecule has 1 saturated heterocycles. The molecule has 10 heteroatoms. The molecule has 4 rings (SSSR count). The molecule has 0 saturated carbocycles. The Morgan fingerprint density at radius 1 is 1.27 bits per heavy atom. The van der Waals surface area contributed by atoms with Crippen molar-refractivity contribution in [2.75, 3.05) is 13.2 Å². The summed E-state index contributed by atoms with van der Waals surface area (Å²) in [5.74, 6) is -1.53. The van der Waals surface area contributed by atoms with Crippen molar-refractivity contribution in [2.45, 2.75) is 35.9 Å². The molecule has 1 fully saturated rings. The topological polar surface area (TPSA) is 82.3 Å². The molecular formula is C23H24F2N4O3S. The van der Waals surface area contributed by atoms with E-state index in [-0.39, 0.29) is 17.4 Å². The van der Waals surface area contributed by atoms with E-state index < -0.39 is 28.8 Å². The van der Waals surface area contributed by atoms with Gasteiger partial charge in [0.25, 0.3) is 0 Å². The molecule has 174 valence electrons. The lowest BCUT2D eigenvalue weighted by atomic mass is 9.90. The van der Waals surface area contributed by atoms with Gasteiger partial charge in [-0.25, -0.2) is 18.4 Å². The fraction of sp³-hybridized carbons (Fsp3) is 0.348. The molecule has 2 unspecified atom stereocenters. The van der Waals surface area contributed by atoms with Crippen LogP contribution in [0.3, 0.4) is 0 Å². The summed E-state index contributed by atoms with van der Waals surface area (Å²) in [7, 11) is 0. The summed E-state index contributed by atoms with van der Waals surface area (Å²) in [6, 6.07) is 6.95. The first kappa shape index (κ1) is 23.5. The van der Waals surface area contributed by atoms with Crippen molar-refractivity contribution in [2.24, 2.45) is 0 Å². The van der Waals surface area contributed by atoms with E-state index in [4.69, 9.17) is 9.47 Å². The van der Waals surface area contributed by atoms with Crippen LogP contribution in [-0.4, -0.2) is 54.9 Å². The Kier molecular flexibility index (Phi) is 7.49. The number of halogens is 2. The minimum Gasteiger partial charge on any atom is -0.382 e. The molecule has 0 spiro atoms. The maximum Gasteiger partial charge on any atom is 0.177 e. The van der Waals surface area contributed by atoms with Gasteiger partial charge in [-0.3, -0.25) is 4.98 Å². The average molecular weight is 475 g/mol. The lowest BCUT2D eigenvalue weighted by molar-refractivity contribution is -0.146. The van der Waals surface area contributed by atoms with Gasteiger partial charge in [0.15, 0.2) is 6.29 Å². The zero-order chi connectivity index (χ0) is 23.3. The molecule has 1 aliphatic rings. The van der Waals surface area contributed by atoms with E-state index in [2.05, 4.69) is 15.1 Å². The SMILES string of the molecule is CC(SC1COC(/C=C/c2cccnc2)OC1)C(O)(Cn1cncn1)c1ccc(F)cc1F. The van der Waals surface area contributed by atoms with Crippen LogP contribution in [0.15, 0.2) is 61.5 Å². The smallest absolute Gasteiger partial charge is 0.177 e. The number of aromatic nitrogens is 4. The average Bonchev–Trinajstić information content (AvgIpc) is 3.32. The zero-order valence-corrected chi connectivity index (χ0v) is 18.7. The molecule has 3 heterocycles. The maximum absolute atomic E-state index is 14.7. The summed E-state index contributed by atoms with van der Waals surface area (Å²) in [6.07, 6.45) is 9.43. The van der Waals surface area contributed by atoms with Gasteiger partial charge in [-0.1, -0.05) is 25.1 Å². The summed E-state index contributed by atoms with van der Waals surface area (Å²) in [5, 5.41) is 15.1. The number of ether oxygens (including phenoxy) is 2. The highest BCUT2D eigenvalue weighted by Gasteiger charge is 2.41. The predicted molar refractivity (Wildman–Crippen MR) is 120 cm³/mol. The number of hydrogen-bond acceptors (Lipinski definition) is 7. The fourth-order valence-electron chi connectivity index (χ4n) is 3.59. The van der Waals surface area contributed by atoms with Gasteiger partial charge >= 0.3 is 0 Å². The molecule has 0 radical (unpaired) electrons. The Labute approximate surface area is 194 Å². The van der Waals surface area contributed by atoms with Crippen LogP contribution in [-0.2, 0) is 21.6 Å². The van der Waals surface area contributed by atoms with E-state index in [1.54, 1.807) is 19.3 Å². The molecule has 1 aromatic carbocycles. The first-order chi connectivity index (χ1) is 15.9. The largest absolute Gasteiger partial charge is 0.382 e. The van der Waals surface area contributed by atoms with Gasteiger partial charge in [-0.15, -0.1) is 11.8 Å². The normalized spacial score (nSPS) is 21.7. The van der Waals surface area contributed by atoms with E-state index in [9.17, 15) is 13.9 Å². The Balaban J connectivity index is 1.43. The van der Waals surface area contributed by atoms with Crippen molar-refractivity contribution in [1.29, 1.82) is 0 Å². The monoisotopic (exact) mass is 474 g/mol. The van der Waals surface area contributed by atoms with E-state index in [0.717, 1.165) is 17.7 Å². The summed E-state index contributed by atoms with van der Waals surface area (Å²) in [5.41, 5.74) is -0.739. The summed E-state index contributed by atoms with van der Waals surface area (Å²) >= 11 is 1.42. The number of benzene rings is 1. The maximum atomic E-state index is 14.7. The number of pyridine rings is 1. The van der Waals surface area contributed by atoms with Crippen LogP contribution in [0, 0.1) is 11.6 Å². The molecule has 33 heavy (non-hydrogen) atoms. The van der Waals surface area contributed by atoms with Crippen molar-refractivity contribution in [3.8, 4) is 0 Å². The molecule has 1 N–H and O–H groups in total. The number of nitrogens with zero attached hydrogens (tertiary/aromatic N) is 4. The third-order valence-electron chi connectivity index (χ3n) is 5.36. The summed E-state index contributed by atoms with van der Waals surface area (Å²) < 4.78 is 41.2. The highest BCUT2D eigenvalue weighted by molar-refractivity contribution is 8.00. The minimum atomic E-state index is -1.67. The molecule has 0 aliphatic carbocycles. The van der Waals surface area contributed by atoms with Crippen LogP contribution < -0.4 is 0 Å². The van der Waals surface area contributed by atoms with Crippen LogP contribution in [0.1, 0.15) is 18.1 Å². The van der Waals surface area contributed by atoms with Crippen LogP contribution in [0.4, 0.5) is 8.78 Å². The summed E-state index contributed by atoms with van der Waals surface area (Å²) in [4.78, 5) is 7.95. The van der Waals surface area contributed by atoms with Crippen LogP contribution >= 0.6 is 11.8 Å². The highest BCUT2D eigenvalue weighted by atomic mass is 32.2. The fourth-order valence-corrected chi connectivity index (χ4v) is 4.91. The standard InChI is InChI=1S/C23H24F2N4O3S/c1-16(33-19-11-31-22(32-12-19)7-4-17-3-2-8-26-10-17)23(30,13-29-15-27-14-28-29)20-6-5-18(24)9-21(20)25/h2-10,14-16,19,22,30H,11-13H2,1H3/b7-4+. The minimum absolute atomic E-state index is 0.00525. The molecule has 0 bridgehead atoms. The van der Waals surface area contributed by atoms with Crippen molar-refractivity contribution in [3.05, 3.63) is 84.2 Å². The van der Waals surface area contributed by atoms with E-state index >= 15 is 0 Å². The van der Waals surface area contributed by atoms with E-state index in [1.165, 1.54) is 35.2 Å². The first-order valence-corrected chi connectivity index (χ1v) is 11.4. The molecule has 1 aliphatic heterocycles. The second kappa shape index (κ2) is 10.5. The van der Waals surface area contributed by atoms with Gasteiger partial charge in [0.2, 0.25) is 0 Å². The van der Waals surface area contributed by atoms with Crippen molar-refractivity contribution >= 4 is 17.8 Å². The molecule has 2 aromatic heterocycles. The van der Waals surface area contributed by atoms with Crippen LogP contribution in [0.25, 0.3) is 6.08 Å². The number of rotatable bonds is 8. The zero-order valence-electron chi connectivity index (χ0n) is 17.9. The van der Waals surface area contributed by atoms with Gasteiger partial charge in [0.05, 0.1) is 25.0 Å². The van der Waals surface area contributed by atoms with Gasteiger partial charge in [-0.2, -0.15) is 5.10 Å². The number of hydrogen-bond donors (Lipinski definition) is 1. The van der Waals surface area contributed by atoms with E-state index in [1.807, 2.05) is 24.3 Å². The third kappa shape index (κ3) is 5.83. The van der Waals surface area contributed by atoms with Gasteiger partial charge in [-0.05, 0) is 23.8 Å². The molecule has 3 aromatic rings. The van der Waals surface area contributed by atoms with Gasteiger partial charge < -0.3 is 14.6 Å². The Hall–Kier alpha value is -2.66. The van der Waals surface area contributed by atoms with E-state index in [0.29, 0.717) is 13.2 Å². The predicted octanol–water partition coefficient (Wildman–Crippen LogP) is 3.42. The third-order valence-corrected chi connectivity index (χ3v) is 6.81. The molecular weight excluding hydrogens is 450 g/mol. The lowest BCUT2D eigenvalue weighted by Gasteiger charge is -2.37. The quantitative estimate of drug-likeness (QED) is 0.536. The van der Waals surface area contributed by atoms with Crippen molar-refractivity contribution in [3.63, 3.8) is 0 Å². The Bertz CT molecular complexity index is 1060. The Morgan fingerprint density at radius 2 is 2.09 bits per heavy atom. The highest BCUT2D eigenvalue weighted by Crippen LogP contribution is 2.38. The van der Waals surface area contributed by atoms with Gasteiger partial charge in [0.1, 0.15) is 29.9 Å². The van der Waals surface area contributed by atoms with Crippen LogP contribution in [0.2, 0.25) is 0 Å². The Morgan fingerprint density at radius 3 is 2.76 bits per heavy atom. The first-order valence-electron chi connectivity index (χ1n) is 10.4. The second-order valence-corrected chi connectivity index (χ2v) is 9.37. The van der Waals surface area contributed by atoms with Crippen molar-refractivity contribution < 1.29 is 23.4 Å². The lowest BCUT2D eigenvalue weighted by Crippen LogP contribution is -2.43. The molecule has 2 atom stereocenters. The van der Waals surface area contributed by atoms with Crippen molar-refractivity contribution in [1.82, 2.24) is 19.7 Å².